The van der Waals surface area contributed by atoms with Gasteiger partial charge in [-0.2, -0.15) is 0 Å². The molecule has 1 aliphatic heterocycles. The number of carbonyl (C=O) groups is 1. The molecular formula is C11H10ClIN2O5S. The molecule has 114 valence electrons. The molecule has 0 N–H and O–H groups in total. The Kier molecular flexibility index (Phi) is 4.73. The molecule has 1 aliphatic rings. The molecule has 0 saturated carbocycles. The number of rotatable bonds is 4. The molecule has 0 spiro atoms. The van der Waals surface area contributed by atoms with Gasteiger partial charge in [-0.05, 0) is 28.7 Å². The van der Waals surface area contributed by atoms with Crippen LogP contribution in [0.2, 0.25) is 0 Å². The molecule has 21 heavy (non-hydrogen) atoms. The van der Waals surface area contributed by atoms with Crippen molar-refractivity contribution in [1.82, 2.24) is 0 Å². The monoisotopic (exact) mass is 444 g/mol. The third-order valence-corrected chi connectivity index (χ3v) is 5.18. The SMILES string of the molecule is O=C1CC(CS(=O)(=O)Cl)CN1c1ccc([N+](=O)[O-])cc1I. The average Bonchev–Trinajstić information content (AvgIpc) is 2.67. The highest BCUT2D eigenvalue weighted by molar-refractivity contribution is 14.1. The van der Waals surface area contributed by atoms with E-state index in [1.165, 1.54) is 23.1 Å². The summed E-state index contributed by atoms with van der Waals surface area (Å²) in [6.45, 7) is 0.235. The molecule has 1 aromatic carbocycles. The first-order chi connectivity index (χ1) is 9.67. The maximum Gasteiger partial charge on any atom is 0.270 e. The lowest BCUT2D eigenvalue weighted by molar-refractivity contribution is -0.384. The van der Waals surface area contributed by atoms with Crippen molar-refractivity contribution in [3.8, 4) is 0 Å². The van der Waals surface area contributed by atoms with Crippen LogP contribution < -0.4 is 4.90 Å². The molecular weight excluding hydrogens is 435 g/mol. The van der Waals surface area contributed by atoms with Gasteiger partial charge in [0.2, 0.25) is 15.0 Å². The van der Waals surface area contributed by atoms with Crippen LogP contribution in [-0.4, -0.2) is 31.5 Å². The van der Waals surface area contributed by atoms with E-state index in [-0.39, 0.29) is 36.2 Å². The van der Waals surface area contributed by atoms with E-state index in [0.717, 1.165) is 0 Å². The predicted octanol–water partition coefficient (Wildman–Crippen LogP) is 2.12. The minimum atomic E-state index is -3.66. The second-order valence-corrected chi connectivity index (χ2v) is 8.66. The smallest absolute Gasteiger partial charge is 0.270 e. The van der Waals surface area contributed by atoms with E-state index < -0.39 is 14.0 Å². The minimum absolute atomic E-state index is 0.0605. The van der Waals surface area contributed by atoms with Gasteiger partial charge in [0, 0.05) is 45.3 Å². The van der Waals surface area contributed by atoms with Crippen LogP contribution in [0.1, 0.15) is 6.42 Å². The number of benzene rings is 1. The van der Waals surface area contributed by atoms with Gasteiger partial charge >= 0.3 is 0 Å². The molecule has 1 amide bonds. The van der Waals surface area contributed by atoms with Crippen LogP contribution in [0, 0.1) is 19.6 Å². The van der Waals surface area contributed by atoms with E-state index >= 15 is 0 Å². The lowest BCUT2D eigenvalue weighted by atomic mass is 10.1. The van der Waals surface area contributed by atoms with Crippen LogP contribution in [0.3, 0.4) is 0 Å². The van der Waals surface area contributed by atoms with Crippen molar-refractivity contribution < 1.29 is 18.1 Å². The zero-order valence-corrected chi connectivity index (χ0v) is 14.3. The normalized spacial score (nSPS) is 19.0. The molecule has 10 heteroatoms. The van der Waals surface area contributed by atoms with Crippen molar-refractivity contribution in [3.05, 3.63) is 31.9 Å². The van der Waals surface area contributed by atoms with Gasteiger partial charge in [-0.25, -0.2) is 8.42 Å². The number of hydrogen-bond donors (Lipinski definition) is 0. The molecule has 0 aliphatic carbocycles. The third kappa shape index (κ3) is 4.04. The topological polar surface area (TPSA) is 97.6 Å². The lowest BCUT2D eigenvalue weighted by Crippen LogP contribution is -2.26. The Morgan fingerprint density at radius 1 is 1.48 bits per heavy atom. The molecule has 1 fully saturated rings. The van der Waals surface area contributed by atoms with E-state index in [4.69, 9.17) is 10.7 Å². The third-order valence-electron chi connectivity index (χ3n) is 3.07. The lowest BCUT2D eigenvalue weighted by Gasteiger charge is -2.18. The number of nitrogens with zero attached hydrogens (tertiary/aromatic N) is 2. The highest BCUT2D eigenvalue weighted by atomic mass is 127. The van der Waals surface area contributed by atoms with Crippen molar-refractivity contribution >= 4 is 59.6 Å². The number of carbonyl (C=O) groups excluding carboxylic acids is 1. The second kappa shape index (κ2) is 6.05. The summed E-state index contributed by atoms with van der Waals surface area (Å²) < 4.78 is 22.7. The van der Waals surface area contributed by atoms with Crippen molar-refractivity contribution in [3.63, 3.8) is 0 Å². The number of halogens is 2. The summed E-state index contributed by atoms with van der Waals surface area (Å²) in [4.78, 5) is 23.6. The fourth-order valence-electron chi connectivity index (χ4n) is 2.24. The van der Waals surface area contributed by atoms with E-state index in [1.54, 1.807) is 0 Å². The predicted molar refractivity (Wildman–Crippen MR) is 85.9 cm³/mol. The first-order valence-electron chi connectivity index (χ1n) is 5.84. The molecule has 1 atom stereocenters. The van der Waals surface area contributed by atoms with Crippen LogP contribution in [0.25, 0.3) is 0 Å². The number of hydrogen-bond acceptors (Lipinski definition) is 5. The Labute approximate surface area is 139 Å². The first kappa shape index (κ1) is 16.4. The molecule has 0 aromatic heterocycles. The van der Waals surface area contributed by atoms with Crippen LogP contribution in [0.15, 0.2) is 18.2 Å². The quantitative estimate of drug-likeness (QED) is 0.307. The molecule has 0 bridgehead atoms. The Hall–Kier alpha value is -0.940. The van der Waals surface area contributed by atoms with E-state index in [0.29, 0.717) is 9.26 Å². The summed E-state index contributed by atoms with van der Waals surface area (Å²) >= 11 is 1.91. The van der Waals surface area contributed by atoms with Crippen LogP contribution in [0.5, 0.6) is 0 Å². The van der Waals surface area contributed by atoms with Crippen molar-refractivity contribution in [2.45, 2.75) is 6.42 Å². The van der Waals surface area contributed by atoms with E-state index in [2.05, 4.69) is 0 Å². The number of amides is 1. The summed E-state index contributed by atoms with van der Waals surface area (Å²) in [5, 5.41) is 10.7. The van der Waals surface area contributed by atoms with Crippen LogP contribution >= 0.6 is 33.3 Å². The highest BCUT2D eigenvalue weighted by Gasteiger charge is 2.34. The molecule has 0 radical (unpaired) electrons. The Morgan fingerprint density at radius 3 is 2.67 bits per heavy atom. The Balaban J connectivity index is 2.23. The van der Waals surface area contributed by atoms with Crippen molar-refractivity contribution in [2.75, 3.05) is 17.2 Å². The fourth-order valence-corrected chi connectivity index (χ4v) is 4.35. The van der Waals surface area contributed by atoms with Gasteiger partial charge in [-0.1, -0.05) is 0 Å². The van der Waals surface area contributed by atoms with Crippen molar-refractivity contribution in [1.29, 1.82) is 0 Å². The van der Waals surface area contributed by atoms with Gasteiger partial charge < -0.3 is 4.90 Å². The number of nitro benzene ring substituents is 1. The van der Waals surface area contributed by atoms with Crippen LogP contribution in [0.4, 0.5) is 11.4 Å². The maximum absolute atomic E-state index is 12.0. The van der Waals surface area contributed by atoms with Gasteiger partial charge in [0.15, 0.2) is 0 Å². The van der Waals surface area contributed by atoms with Crippen molar-refractivity contribution in [2.24, 2.45) is 5.92 Å². The molecule has 1 unspecified atom stereocenters. The molecule has 1 aromatic rings. The molecule has 2 rings (SSSR count). The van der Waals surface area contributed by atoms with Gasteiger partial charge in [-0.3, -0.25) is 14.9 Å². The number of non-ortho nitro benzene ring substituents is 1. The minimum Gasteiger partial charge on any atom is -0.311 e. The number of anilines is 1. The summed E-state index contributed by atoms with van der Waals surface area (Å²) in [6.07, 6.45) is 0.0962. The Bertz CT molecular complexity index is 709. The summed E-state index contributed by atoms with van der Waals surface area (Å²) in [6, 6.07) is 4.18. The fraction of sp³-hybridized carbons (Fsp3) is 0.364. The second-order valence-electron chi connectivity index (χ2n) is 4.67. The first-order valence-corrected chi connectivity index (χ1v) is 9.40. The standard InChI is InChI=1S/C11H10ClIN2O5S/c12-21(19,20)6-7-3-11(16)14(5-7)10-2-1-8(15(17)18)4-9(10)13/h1-2,4,7H,3,5-6H2. The number of nitro groups is 1. The molecule has 1 saturated heterocycles. The molecule has 7 nitrogen and oxygen atoms in total. The average molecular weight is 445 g/mol. The van der Waals surface area contributed by atoms with E-state index in [1.807, 2.05) is 22.6 Å². The van der Waals surface area contributed by atoms with Gasteiger partial charge in [-0.15, -0.1) is 0 Å². The summed E-state index contributed by atoms with van der Waals surface area (Å²) in [5.41, 5.74) is 0.482. The van der Waals surface area contributed by atoms with E-state index in [9.17, 15) is 23.3 Å². The van der Waals surface area contributed by atoms with Gasteiger partial charge in [0.1, 0.15) is 0 Å². The highest BCUT2D eigenvalue weighted by Crippen LogP contribution is 2.32. The summed E-state index contributed by atoms with van der Waals surface area (Å²) in [7, 11) is 1.54. The molecule has 1 heterocycles. The Morgan fingerprint density at radius 2 is 2.14 bits per heavy atom. The van der Waals surface area contributed by atoms with Gasteiger partial charge in [0.05, 0.1) is 16.4 Å². The maximum atomic E-state index is 12.0. The zero-order chi connectivity index (χ0) is 15.8. The zero-order valence-electron chi connectivity index (χ0n) is 10.5. The van der Waals surface area contributed by atoms with Crippen LogP contribution in [-0.2, 0) is 13.8 Å². The van der Waals surface area contributed by atoms with Gasteiger partial charge in [0.25, 0.3) is 5.69 Å². The largest absolute Gasteiger partial charge is 0.311 e. The summed E-state index contributed by atoms with van der Waals surface area (Å²) in [5.74, 6) is -0.849.